The molecule has 1 amide bonds. The number of hydrogen-bond donors (Lipinski definition) is 0. The molecule has 0 unspecified atom stereocenters. The Morgan fingerprint density at radius 3 is 2.67 bits per heavy atom. The van der Waals surface area contributed by atoms with Crippen LogP contribution < -0.4 is 19.1 Å². The SMILES string of the molecule is COc1cc(C(=O)N2CCCc3c(C)ccc(OC)c32)ccc1OCc1cscn1. The Labute approximate surface area is 180 Å². The number of carbonyl (C=O) groups excluding carboxylic acids is 1. The van der Waals surface area contributed by atoms with Crippen LogP contribution in [0.1, 0.15) is 33.6 Å². The number of amides is 1. The van der Waals surface area contributed by atoms with Crippen molar-refractivity contribution in [3.8, 4) is 17.2 Å². The van der Waals surface area contributed by atoms with Crippen molar-refractivity contribution in [3.05, 3.63) is 63.6 Å². The molecule has 0 bridgehead atoms. The van der Waals surface area contributed by atoms with Crippen LogP contribution in [0.15, 0.2) is 41.2 Å². The molecular formula is C23H24N2O4S. The molecule has 0 aliphatic carbocycles. The molecule has 0 fully saturated rings. The predicted molar refractivity (Wildman–Crippen MR) is 117 cm³/mol. The van der Waals surface area contributed by atoms with E-state index in [-0.39, 0.29) is 5.91 Å². The monoisotopic (exact) mass is 424 g/mol. The summed E-state index contributed by atoms with van der Waals surface area (Å²) in [5.41, 5.74) is 6.38. The van der Waals surface area contributed by atoms with Crippen LogP contribution in [0.25, 0.3) is 0 Å². The lowest BCUT2D eigenvalue weighted by Crippen LogP contribution is -2.36. The second-order valence-electron chi connectivity index (χ2n) is 7.11. The van der Waals surface area contributed by atoms with Crippen molar-refractivity contribution in [1.29, 1.82) is 0 Å². The molecule has 0 spiro atoms. The van der Waals surface area contributed by atoms with Gasteiger partial charge in [-0.25, -0.2) is 4.98 Å². The molecule has 156 valence electrons. The first-order chi connectivity index (χ1) is 14.6. The Balaban J connectivity index is 1.62. The quantitative estimate of drug-likeness (QED) is 0.577. The zero-order valence-corrected chi connectivity index (χ0v) is 18.1. The largest absolute Gasteiger partial charge is 0.495 e. The van der Waals surface area contributed by atoms with Gasteiger partial charge in [-0.1, -0.05) is 6.07 Å². The fourth-order valence-corrected chi connectivity index (χ4v) is 4.30. The number of anilines is 1. The van der Waals surface area contributed by atoms with Crippen molar-refractivity contribution in [2.24, 2.45) is 0 Å². The predicted octanol–water partition coefficient (Wildman–Crippen LogP) is 4.64. The van der Waals surface area contributed by atoms with E-state index in [1.54, 1.807) is 37.9 Å². The van der Waals surface area contributed by atoms with Crippen LogP contribution in [0.4, 0.5) is 5.69 Å². The van der Waals surface area contributed by atoms with E-state index in [9.17, 15) is 4.79 Å². The van der Waals surface area contributed by atoms with E-state index in [0.717, 1.165) is 30.0 Å². The van der Waals surface area contributed by atoms with Crippen LogP contribution in [-0.4, -0.2) is 31.7 Å². The average Bonchev–Trinajstić information content (AvgIpc) is 3.31. The molecule has 3 aromatic rings. The second-order valence-corrected chi connectivity index (χ2v) is 7.83. The van der Waals surface area contributed by atoms with Crippen molar-refractivity contribution >= 4 is 22.9 Å². The van der Waals surface area contributed by atoms with Crippen LogP contribution in [0.3, 0.4) is 0 Å². The van der Waals surface area contributed by atoms with E-state index in [4.69, 9.17) is 14.2 Å². The van der Waals surface area contributed by atoms with Gasteiger partial charge in [-0.05, 0) is 55.2 Å². The Morgan fingerprint density at radius 1 is 1.13 bits per heavy atom. The first-order valence-electron chi connectivity index (χ1n) is 9.78. The Bertz CT molecular complexity index is 1050. The molecule has 6 nitrogen and oxygen atoms in total. The summed E-state index contributed by atoms with van der Waals surface area (Å²) < 4.78 is 16.9. The molecule has 2 aromatic carbocycles. The Hall–Kier alpha value is -3.06. The molecule has 1 aliphatic heterocycles. The van der Waals surface area contributed by atoms with E-state index in [2.05, 4.69) is 11.9 Å². The van der Waals surface area contributed by atoms with Crippen molar-refractivity contribution in [3.63, 3.8) is 0 Å². The van der Waals surface area contributed by atoms with E-state index >= 15 is 0 Å². The minimum absolute atomic E-state index is 0.0794. The number of hydrogen-bond acceptors (Lipinski definition) is 6. The maximum Gasteiger partial charge on any atom is 0.258 e. The molecule has 1 aliphatic rings. The molecular weight excluding hydrogens is 400 g/mol. The zero-order valence-electron chi connectivity index (χ0n) is 17.3. The van der Waals surface area contributed by atoms with Gasteiger partial charge in [0.2, 0.25) is 0 Å². The van der Waals surface area contributed by atoms with Gasteiger partial charge < -0.3 is 19.1 Å². The van der Waals surface area contributed by atoms with Crippen LogP contribution in [-0.2, 0) is 13.0 Å². The number of methoxy groups -OCH3 is 2. The normalized spacial score (nSPS) is 13.0. The van der Waals surface area contributed by atoms with E-state index in [0.29, 0.717) is 30.2 Å². The van der Waals surface area contributed by atoms with Crippen molar-refractivity contribution < 1.29 is 19.0 Å². The Morgan fingerprint density at radius 2 is 1.93 bits per heavy atom. The lowest BCUT2D eigenvalue weighted by atomic mass is 9.95. The highest BCUT2D eigenvalue weighted by molar-refractivity contribution is 7.07. The number of aromatic nitrogens is 1. The summed E-state index contributed by atoms with van der Waals surface area (Å²) in [6.45, 7) is 3.07. The van der Waals surface area contributed by atoms with Crippen molar-refractivity contribution in [1.82, 2.24) is 4.98 Å². The molecule has 0 N–H and O–H groups in total. The first-order valence-corrected chi connectivity index (χ1v) is 10.7. The third-order valence-corrected chi connectivity index (χ3v) is 5.93. The standard InChI is InChI=1S/C23H24N2O4S/c1-15-6-8-20(27-2)22-18(15)5-4-10-25(22)23(26)16-7-9-19(21(11-16)28-3)29-12-17-13-30-14-24-17/h6-9,11,13-14H,4-5,10,12H2,1-3H3. The van der Waals surface area contributed by atoms with E-state index < -0.39 is 0 Å². The molecule has 0 saturated carbocycles. The molecule has 0 atom stereocenters. The van der Waals surface area contributed by atoms with Crippen LogP contribution >= 0.6 is 11.3 Å². The van der Waals surface area contributed by atoms with E-state index in [1.165, 1.54) is 22.5 Å². The number of fused-ring (bicyclic) bond motifs is 1. The zero-order chi connectivity index (χ0) is 21.1. The highest BCUT2D eigenvalue weighted by Crippen LogP contribution is 2.39. The third kappa shape index (κ3) is 3.85. The maximum atomic E-state index is 13.4. The lowest BCUT2D eigenvalue weighted by molar-refractivity contribution is 0.0984. The average molecular weight is 425 g/mol. The number of ether oxygens (including phenoxy) is 3. The van der Waals surface area contributed by atoms with Gasteiger partial charge in [0.25, 0.3) is 5.91 Å². The van der Waals surface area contributed by atoms with Gasteiger partial charge in [-0.3, -0.25) is 4.79 Å². The molecule has 0 saturated heterocycles. The summed E-state index contributed by atoms with van der Waals surface area (Å²) in [5, 5.41) is 1.94. The van der Waals surface area contributed by atoms with Gasteiger partial charge in [0.1, 0.15) is 12.4 Å². The fourth-order valence-electron chi connectivity index (χ4n) is 3.76. The number of carbonyl (C=O) groups is 1. The number of thiazole rings is 1. The van der Waals surface area contributed by atoms with Gasteiger partial charge in [0, 0.05) is 17.5 Å². The highest BCUT2D eigenvalue weighted by Gasteiger charge is 2.28. The summed E-state index contributed by atoms with van der Waals surface area (Å²) in [4.78, 5) is 19.5. The molecule has 4 rings (SSSR count). The third-order valence-electron chi connectivity index (χ3n) is 5.29. The molecule has 1 aromatic heterocycles. The summed E-state index contributed by atoms with van der Waals surface area (Å²) in [6, 6.07) is 9.25. The smallest absolute Gasteiger partial charge is 0.258 e. The first kappa shape index (κ1) is 20.2. The summed E-state index contributed by atoms with van der Waals surface area (Å²) >= 11 is 1.52. The number of benzene rings is 2. The number of nitrogens with zero attached hydrogens (tertiary/aromatic N) is 2. The van der Waals surface area contributed by atoms with Gasteiger partial charge in [-0.15, -0.1) is 11.3 Å². The molecule has 7 heteroatoms. The topological polar surface area (TPSA) is 60.9 Å². The van der Waals surface area contributed by atoms with Crippen molar-refractivity contribution in [2.75, 3.05) is 25.7 Å². The minimum atomic E-state index is -0.0794. The van der Waals surface area contributed by atoms with Gasteiger partial charge in [0.15, 0.2) is 11.5 Å². The fraction of sp³-hybridized carbons (Fsp3) is 0.304. The minimum Gasteiger partial charge on any atom is -0.495 e. The molecule has 2 heterocycles. The number of rotatable bonds is 6. The second kappa shape index (κ2) is 8.75. The van der Waals surface area contributed by atoms with Gasteiger partial charge in [0.05, 0.1) is 31.1 Å². The highest BCUT2D eigenvalue weighted by atomic mass is 32.1. The van der Waals surface area contributed by atoms with Gasteiger partial charge in [-0.2, -0.15) is 0 Å². The van der Waals surface area contributed by atoms with E-state index in [1.807, 2.05) is 22.4 Å². The maximum absolute atomic E-state index is 13.4. The molecule has 30 heavy (non-hydrogen) atoms. The number of aryl methyl sites for hydroxylation is 1. The Kier molecular flexibility index (Phi) is 5.90. The summed E-state index contributed by atoms with van der Waals surface area (Å²) in [5.74, 6) is 1.74. The summed E-state index contributed by atoms with van der Waals surface area (Å²) in [7, 11) is 3.21. The van der Waals surface area contributed by atoms with Gasteiger partial charge >= 0.3 is 0 Å². The summed E-state index contributed by atoms with van der Waals surface area (Å²) in [6.07, 6.45) is 1.85. The lowest BCUT2D eigenvalue weighted by Gasteiger charge is -2.32. The van der Waals surface area contributed by atoms with Crippen LogP contribution in [0.2, 0.25) is 0 Å². The molecule has 0 radical (unpaired) electrons. The van der Waals surface area contributed by atoms with Crippen LogP contribution in [0.5, 0.6) is 17.2 Å². The van der Waals surface area contributed by atoms with Crippen molar-refractivity contribution in [2.45, 2.75) is 26.4 Å². The van der Waals surface area contributed by atoms with Crippen LogP contribution in [0, 0.1) is 6.92 Å².